The molecule has 1 saturated carbocycles. The molecular weight excluding hydrogens is 174 g/mol. The van der Waals surface area contributed by atoms with Crippen molar-refractivity contribution in [1.29, 1.82) is 0 Å². The molecule has 78 valence electrons. The smallest absolute Gasteiger partial charge is 0.0948 e. The van der Waals surface area contributed by atoms with Crippen molar-refractivity contribution < 1.29 is 0 Å². The predicted molar refractivity (Wildman–Crippen MR) is 57.1 cm³/mol. The molecule has 0 aliphatic heterocycles. The average Bonchev–Trinajstić information content (AvgIpc) is 2.78. The normalized spacial score (nSPS) is 19.7. The molecule has 0 aromatic carbocycles. The van der Waals surface area contributed by atoms with E-state index in [-0.39, 0.29) is 11.0 Å². The largest absolute Gasteiger partial charge is 0.334 e. The van der Waals surface area contributed by atoms with Crippen LogP contribution < -0.4 is 5.73 Å². The van der Waals surface area contributed by atoms with E-state index in [9.17, 15) is 0 Å². The highest BCUT2D eigenvalue weighted by Gasteiger charge is 2.55. The van der Waals surface area contributed by atoms with Crippen molar-refractivity contribution in [3.8, 4) is 0 Å². The van der Waals surface area contributed by atoms with E-state index in [1.165, 1.54) is 18.5 Å². The van der Waals surface area contributed by atoms with Crippen molar-refractivity contribution in [3.05, 3.63) is 18.2 Å². The molecule has 1 aromatic heterocycles. The molecule has 0 amide bonds. The Bertz CT molecular complexity index is 329. The van der Waals surface area contributed by atoms with Crippen LogP contribution in [0, 0.1) is 0 Å². The summed E-state index contributed by atoms with van der Waals surface area (Å²) >= 11 is 0. The van der Waals surface area contributed by atoms with Crippen molar-refractivity contribution in [2.24, 2.45) is 5.73 Å². The fourth-order valence-corrected chi connectivity index (χ4v) is 2.33. The van der Waals surface area contributed by atoms with E-state index in [0.717, 1.165) is 6.54 Å². The molecule has 0 spiro atoms. The van der Waals surface area contributed by atoms with Crippen molar-refractivity contribution in [1.82, 2.24) is 9.55 Å². The first-order valence-electron chi connectivity index (χ1n) is 5.31. The van der Waals surface area contributed by atoms with Gasteiger partial charge in [0.15, 0.2) is 0 Å². The lowest BCUT2D eigenvalue weighted by atomic mass is 9.82. The fourth-order valence-electron chi connectivity index (χ4n) is 2.33. The number of nitrogens with zero attached hydrogens (tertiary/aromatic N) is 2. The van der Waals surface area contributed by atoms with Gasteiger partial charge in [0.2, 0.25) is 0 Å². The van der Waals surface area contributed by atoms with Crippen LogP contribution in [0.1, 0.15) is 39.3 Å². The summed E-state index contributed by atoms with van der Waals surface area (Å²) in [7, 11) is 0. The topological polar surface area (TPSA) is 43.8 Å². The van der Waals surface area contributed by atoms with Gasteiger partial charge >= 0.3 is 0 Å². The Kier molecular flexibility index (Phi) is 1.96. The Morgan fingerprint density at radius 2 is 2.21 bits per heavy atom. The number of hydrogen-bond donors (Lipinski definition) is 1. The van der Waals surface area contributed by atoms with Gasteiger partial charge in [-0.2, -0.15) is 0 Å². The van der Waals surface area contributed by atoms with Crippen molar-refractivity contribution in [2.75, 3.05) is 0 Å². The van der Waals surface area contributed by atoms with Crippen LogP contribution in [0.25, 0.3) is 0 Å². The molecule has 3 heteroatoms. The van der Waals surface area contributed by atoms with Crippen LogP contribution in [0.5, 0.6) is 0 Å². The van der Waals surface area contributed by atoms with Crippen LogP contribution in [0.15, 0.2) is 12.5 Å². The van der Waals surface area contributed by atoms with Crippen LogP contribution >= 0.6 is 0 Å². The van der Waals surface area contributed by atoms with Crippen LogP contribution in [-0.4, -0.2) is 15.1 Å². The molecule has 2 rings (SSSR count). The van der Waals surface area contributed by atoms with Gasteiger partial charge in [-0.3, -0.25) is 0 Å². The van der Waals surface area contributed by atoms with Crippen molar-refractivity contribution in [3.63, 3.8) is 0 Å². The SMILES string of the molecule is CCn1cncc1C1(C(C)(C)N)CC1. The van der Waals surface area contributed by atoms with Crippen LogP contribution in [-0.2, 0) is 12.0 Å². The van der Waals surface area contributed by atoms with Gasteiger partial charge < -0.3 is 10.3 Å². The Morgan fingerprint density at radius 1 is 1.57 bits per heavy atom. The summed E-state index contributed by atoms with van der Waals surface area (Å²) in [5.41, 5.74) is 7.60. The molecule has 1 heterocycles. The van der Waals surface area contributed by atoms with Gasteiger partial charge in [-0.25, -0.2) is 4.98 Å². The Hall–Kier alpha value is -0.830. The second-order valence-corrected chi connectivity index (χ2v) is 4.87. The van der Waals surface area contributed by atoms with Crippen LogP contribution in [0.4, 0.5) is 0 Å². The van der Waals surface area contributed by atoms with Gasteiger partial charge in [0.25, 0.3) is 0 Å². The summed E-state index contributed by atoms with van der Waals surface area (Å²) in [4.78, 5) is 4.22. The maximum absolute atomic E-state index is 6.25. The number of hydrogen-bond acceptors (Lipinski definition) is 2. The second kappa shape index (κ2) is 2.83. The second-order valence-electron chi connectivity index (χ2n) is 4.87. The minimum Gasteiger partial charge on any atom is -0.334 e. The zero-order valence-corrected chi connectivity index (χ0v) is 9.25. The van der Waals surface area contributed by atoms with E-state index >= 15 is 0 Å². The van der Waals surface area contributed by atoms with E-state index in [2.05, 4.69) is 30.3 Å². The standard InChI is InChI=1S/C11H19N3/c1-4-14-8-13-7-9(14)11(5-6-11)10(2,3)12/h7-8H,4-6,12H2,1-3H3. The highest BCUT2D eigenvalue weighted by atomic mass is 15.1. The number of aromatic nitrogens is 2. The van der Waals surface area contributed by atoms with E-state index in [4.69, 9.17) is 5.73 Å². The number of imidazole rings is 1. The first-order chi connectivity index (χ1) is 6.51. The Labute approximate surface area is 85.3 Å². The molecule has 0 saturated heterocycles. The fraction of sp³-hybridized carbons (Fsp3) is 0.727. The maximum atomic E-state index is 6.25. The summed E-state index contributed by atoms with van der Waals surface area (Å²) in [6, 6.07) is 0. The van der Waals surface area contributed by atoms with Crippen molar-refractivity contribution >= 4 is 0 Å². The van der Waals surface area contributed by atoms with Gasteiger partial charge in [-0.1, -0.05) is 0 Å². The molecule has 0 unspecified atom stereocenters. The highest BCUT2D eigenvalue weighted by Crippen LogP contribution is 2.54. The van der Waals surface area contributed by atoms with Crippen LogP contribution in [0.3, 0.4) is 0 Å². The molecule has 0 bridgehead atoms. The minimum atomic E-state index is -0.139. The first kappa shape index (κ1) is 9.71. The molecule has 3 nitrogen and oxygen atoms in total. The number of rotatable bonds is 3. The van der Waals surface area contributed by atoms with E-state index in [0.29, 0.717) is 0 Å². The minimum absolute atomic E-state index is 0.139. The van der Waals surface area contributed by atoms with Crippen LogP contribution in [0.2, 0.25) is 0 Å². The number of nitrogens with two attached hydrogens (primary N) is 1. The third-order valence-electron chi connectivity index (χ3n) is 3.53. The average molecular weight is 193 g/mol. The first-order valence-corrected chi connectivity index (χ1v) is 5.31. The molecule has 1 aliphatic carbocycles. The van der Waals surface area contributed by atoms with Gasteiger partial charge in [-0.05, 0) is 33.6 Å². The molecule has 0 radical (unpaired) electrons. The van der Waals surface area contributed by atoms with Gasteiger partial charge in [0.1, 0.15) is 0 Å². The summed E-state index contributed by atoms with van der Waals surface area (Å²) in [5, 5.41) is 0. The monoisotopic (exact) mass is 193 g/mol. The molecule has 1 fully saturated rings. The zero-order valence-electron chi connectivity index (χ0n) is 9.25. The molecule has 1 aromatic rings. The Morgan fingerprint density at radius 3 is 2.64 bits per heavy atom. The predicted octanol–water partition coefficient (Wildman–Crippen LogP) is 1.67. The maximum Gasteiger partial charge on any atom is 0.0948 e. The summed E-state index contributed by atoms with van der Waals surface area (Å²) in [5.74, 6) is 0. The lowest BCUT2D eigenvalue weighted by Gasteiger charge is -2.31. The lowest BCUT2D eigenvalue weighted by Crippen LogP contribution is -2.46. The van der Waals surface area contributed by atoms with E-state index in [1.54, 1.807) is 0 Å². The van der Waals surface area contributed by atoms with E-state index < -0.39 is 0 Å². The molecular formula is C11H19N3. The van der Waals surface area contributed by atoms with Crippen molar-refractivity contribution in [2.45, 2.75) is 51.1 Å². The lowest BCUT2D eigenvalue weighted by molar-refractivity contribution is 0.373. The van der Waals surface area contributed by atoms with E-state index in [1.807, 2.05) is 12.5 Å². The molecule has 2 N–H and O–H groups in total. The van der Waals surface area contributed by atoms with Gasteiger partial charge in [0.05, 0.1) is 6.33 Å². The molecule has 14 heavy (non-hydrogen) atoms. The third kappa shape index (κ3) is 1.19. The summed E-state index contributed by atoms with van der Waals surface area (Å²) in [6.07, 6.45) is 6.27. The van der Waals surface area contributed by atoms with Gasteiger partial charge in [0, 0.05) is 29.4 Å². The summed E-state index contributed by atoms with van der Waals surface area (Å²) in [6.45, 7) is 7.36. The van der Waals surface area contributed by atoms with Gasteiger partial charge in [-0.15, -0.1) is 0 Å². The molecule has 1 aliphatic rings. The molecule has 0 atom stereocenters. The quantitative estimate of drug-likeness (QED) is 0.793. The highest BCUT2D eigenvalue weighted by molar-refractivity contribution is 5.30. The number of aryl methyl sites for hydroxylation is 1. The third-order valence-corrected chi connectivity index (χ3v) is 3.53. The Balaban J connectivity index is 2.40. The summed E-state index contributed by atoms with van der Waals surface area (Å²) < 4.78 is 2.21. The zero-order chi connectivity index (χ0) is 10.4.